The number of urea groups is 1. The van der Waals surface area contributed by atoms with E-state index in [-0.39, 0.29) is 6.54 Å². The van der Waals surface area contributed by atoms with Crippen molar-refractivity contribution in [2.45, 2.75) is 13.0 Å². The molecule has 1 aliphatic heterocycles. The molecule has 0 aromatic heterocycles. The largest absolute Gasteiger partial charge is 0.341 e. The van der Waals surface area contributed by atoms with E-state index in [0.717, 1.165) is 6.26 Å². The van der Waals surface area contributed by atoms with Crippen molar-refractivity contribution in [1.82, 2.24) is 9.21 Å². The highest BCUT2D eigenvalue weighted by molar-refractivity contribution is 7.88. The van der Waals surface area contributed by atoms with E-state index >= 15 is 0 Å². The number of amides is 3. The minimum atomic E-state index is -3.64. The molecule has 1 heterocycles. The van der Waals surface area contributed by atoms with Crippen LogP contribution < -0.4 is 0 Å². The quantitative estimate of drug-likeness (QED) is 0.492. The molecule has 0 aromatic carbocycles. The van der Waals surface area contributed by atoms with E-state index in [1.165, 1.54) is 6.92 Å². The Morgan fingerprint density at radius 1 is 1.57 bits per heavy atom. The van der Waals surface area contributed by atoms with E-state index in [9.17, 15) is 18.0 Å². The predicted octanol–water partition coefficient (Wildman–Crippen LogP) is 0.431. The summed E-state index contributed by atoms with van der Waals surface area (Å²) in [6.45, 7) is 1.52. The van der Waals surface area contributed by atoms with E-state index < -0.39 is 27.5 Å². The normalized spacial score (nSPS) is 23.1. The van der Waals surface area contributed by atoms with Crippen molar-refractivity contribution in [3.63, 3.8) is 0 Å². The Hall–Kier alpha value is -0.820. The summed E-state index contributed by atoms with van der Waals surface area (Å²) in [5, 5.41) is -0.965. The summed E-state index contributed by atoms with van der Waals surface area (Å²) in [5.41, 5.74) is 0. The van der Waals surface area contributed by atoms with Crippen LogP contribution in [0.1, 0.15) is 6.92 Å². The molecule has 1 unspecified atom stereocenters. The van der Waals surface area contributed by atoms with Crippen LogP contribution in [0.15, 0.2) is 0 Å². The molecule has 6 nitrogen and oxygen atoms in total. The number of hydrogen-bond donors (Lipinski definition) is 0. The molecule has 14 heavy (non-hydrogen) atoms. The molecule has 0 radical (unpaired) electrons. The van der Waals surface area contributed by atoms with E-state index in [1.54, 1.807) is 0 Å². The minimum Gasteiger partial charge on any atom is -0.255 e. The molecule has 1 saturated heterocycles. The van der Waals surface area contributed by atoms with Gasteiger partial charge in [-0.05, 0) is 18.5 Å². The lowest BCUT2D eigenvalue weighted by Crippen LogP contribution is -2.38. The molecule has 1 rings (SSSR count). The van der Waals surface area contributed by atoms with E-state index in [0.29, 0.717) is 9.21 Å². The van der Waals surface area contributed by atoms with Crippen molar-refractivity contribution in [3.8, 4) is 0 Å². The van der Waals surface area contributed by atoms with Gasteiger partial charge in [-0.3, -0.25) is 4.79 Å². The molecular formula is C6H9ClN2O4S. The molecule has 0 spiro atoms. The Balaban J connectivity index is 3.04. The second-order valence-corrected chi connectivity index (χ2v) is 5.24. The number of carbonyl (C=O) groups excluding carboxylic acids is 2. The Kier molecular flexibility index (Phi) is 2.73. The van der Waals surface area contributed by atoms with Gasteiger partial charge >= 0.3 is 11.4 Å². The zero-order chi connectivity index (χ0) is 11.1. The highest BCUT2D eigenvalue weighted by Gasteiger charge is 2.42. The zero-order valence-corrected chi connectivity index (χ0v) is 9.17. The summed E-state index contributed by atoms with van der Waals surface area (Å²) in [6, 6.07) is -1.46. The van der Waals surface area contributed by atoms with Crippen LogP contribution >= 0.6 is 11.6 Å². The van der Waals surface area contributed by atoms with Gasteiger partial charge in [0.25, 0.3) is 0 Å². The van der Waals surface area contributed by atoms with Crippen LogP contribution in [-0.2, 0) is 10.0 Å². The van der Waals surface area contributed by atoms with Crippen molar-refractivity contribution in [2.24, 2.45) is 0 Å². The Bertz CT molecular complexity index is 379. The number of halogens is 1. The van der Waals surface area contributed by atoms with Gasteiger partial charge < -0.3 is 0 Å². The molecule has 1 aliphatic rings. The number of rotatable bonds is 1. The fraction of sp³-hybridized carbons (Fsp3) is 0.667. The first-order valence-corrected chi connectivity index (χ1v) is 5.98. The van der Waals surface area contributed by atoms with E-state index in [1.807, 2.05) is 0 Å². The zero-order valence-electron chi connectivity index (χ0n) is 7.60. The molecular weight excluding hydrogens is 232 g/mol. The SMILES string of the molecule is CC1CN(C(=O)Cl)C(=O)N1S(C)(=O)=O. The first kappa shape index (κ1) is 11.3. The summed E-state index contributed by atoms with van der Waals surface area (Å²) >= 11 is 5.10. The van der Waals surface area contributed by atoms with Gasteiger partial charge in [-0.1, -0.05) is 0 Å². The second-order valence-electron chi connectivity index (χ2n) is 3.05. The summed E-state index contributed by atoms with van der Waals surface area (Å²) in [5.74, 6) is 0. The fourth-order valence-electron chi connectivity index (χ4n) is 1.34. The molecule has 0 saturated carbocycles. The van der Waals surface area contributed by atoms with Crippen LogP contribution in [-0.4, -0.2) is 47.9 Å². The standard InChI is InChI=1S/C6H9ClN2O4S/c1-4-3-8(5(7)10)6(11)9(4)14(2,12)13/h4H,3H2,1-2H3. The summed E-state index contributed by atoms with van der Waals surface area (Å²) < 4.78 is 22.9. The van der Waals surface area contributed by atoms with Crippen LogP contribution in [0.25, 0.3) is 0 Å². The average molecular weight is 241 g/mol. The summed E-state index contributed by atoms with van der Waals surface area (Å²) in [6.07, 6.45) is 0.906. The third kappa shape index (κ3) is 1.83. The Labute approximate surface area is 86.5 Å². The topological polar surface area (TPSA) is 74.8 Å². The van der Waals surface area contributed by atoms with Gasteiger partial charge in [0.1, 0.15) is 0 Å². The number of hydrogen-bond acceptors (Lipinski definition) is 4. The third-order valence-electron chi connectivity index (χ3n) is 1.84. The van der Waals surface area contributed by atoms with Crippen LogP contribution in [0.3, 0.4) is 0 Å². The van der Waals surface area contributed by atoms with E-state index in [4.69, 9.17) is 11.6 Å². The number of imide groups is 1. The van der Waals surface area contributed by atoms with Crippen LogP contribution in [0, 0.1) is 0 Å². The van der Waals surface area contributed by atoms with Crippen molar-refractivity contribution in [2.75, 3.05) is 12.8 Å². The number of carbonyl (C=O) groups is 2. The van der Waals surface area contributed by atoms with Gasteiger partial charge in [-0.15, -0.1) is 0 Å². The Morgan fingerprint density at radius 2 is 2.07 bits per heavy atom. The van der Waals surface area contributed by atoms with Crippen molar-refractivity contribution in [1.29, 1.82) is 0 Å². The summed E-state index contributed by atoms with van der Waals surface area (Å²) in [7, 11) is -3.64. The van der Waals surface area contributed by atoms with Gasteiger partial charge in [0.05, 0.1) is 18.8 Å². The highest BCUT2D eigenvalue weighted by Crippen LogP contribution is 2.20. The predicted molar refractivity (Wildman–Crippen MR) is 49.5 cm³/mol. The maximum Gasteiger partial charge on any atom is 0.341 e. The lowest BCUT2D eigenvalue weighted by molar-refractivity contribution is 0.205. The lowest BCUT2D eigenvalue weighted by Gasteiger charge is -2.16. The van der Waals surface area contributed by atoms with Crippen molar-refractivity contribution < 1.29 is 18.0 Å². The number of nitrogens with zero attached hydrogens (tertiary/aromatic N) is 2. The fourth-order valence-corrected chi connectivity index (χ4v) is 2.58. The molecule has 0 bridgehead atoms. The van der Waals surface area contributed by atoms with Gasteiger partial charge in [-0.25, -0.2) is 22.4 Å². The van der Waals surface area contributed by atoms with Crippen LogP contribution in [0.5, 0.6) is 0 Å². The lowest BCUT2D eigenvalue weighted by atomic mass is 10.4. The third-order valence-corrected chi connectivity index (χ3v) is 3.27. The second kappa shape index (κ2) is 3.39. The average Bonchev–Trinajstić information content (AvgIpc) is 2.24. The minimum absolute atomic E-state index is 0.00572. The molecule has 0 aromatic rings. The smallest absolute Gasteiger partial charge is 0.255 e. The van der Waals surface area contributed by atoms with Crippen LogP contribution in [0.4, 0.5) is 9.59 Å². The monoisotopic (exact) mass is 240 g/mol. The maximum atomic E-state index is 11.4. The van der Waals surface area contributed by atoms with Gasteiger partial charge in [0.2, 0.25) is 10.0 Å². The summed E-state index contributed by atoms with van der Waals surface area (Å²) in [4.78, 5) is 22.8. The Morgan fingerprint density at radius 3 is 2.29 bits per heavy atom. The van der Waals surface area contributed by atoms with E-state index in [2.05, 4.69) is 0 Å². The van der Waals surface area contributed by atoms with Crippen molar-refractivity contribution in [3.05, 3.63) is 0 Å². The molecule has 1 atom stereocenters. The molecule has 8 heteroatoms. The molecule has 3 amide bonds. The molecule has 1 fully saturated rings. The molecule has 80 valence electrons. The highest BCUT2D eigenvalue weighted by atomic mass is 35.5. The molecule has 0 aliphatic carbocycles. The van der Waals surface area contributed by atoms with Gasteiger partial charge in [-0.2, -0.15) is 0 Å². The van der Waals surface area contributed by atoms with Crippen LogP contribution in [0.2, 0.25) is 0 Å². The van der Waals surface area contributed by atoms with Crippen molar-refractivity contribution >= 4 is 33.0 Å². The number of sulfonamides is 1. The first-order valence-electron chi connectivity index (χ1n) is 3.75. The first-order chi connectivity index (χ1) is 6.25. The molecule has 0 N–H and O–H groups in total. The van der Waals surface area contributed by atoms with Gasteiger partial charge in [0, 0.05) is 0 Å². The van der Waals surface area contributed by atoms with Gasteiger partial charge in [0.15, 0.2) is 0 Å². The maximum absolute atomic E-state index is 11.4.